The quantitative estimate of drug-likeness (QED) is 0.742. The molecule has 0 unspecified atom stereocenters. The molecule has 0 radical (unpaired) electrons. The molecule has 1 aromatic carbocycles. The van der Waals surface area contributed by atoms with E-state index in [4.69, 9.17) is 0 Å². The van der Waals surface area contributed by atoms with Crippen LogP contribution in [0, 0.1) is 0 Å². The van der Waals surface area contributed by atoms with E-state index in [1.807, 2.05) is 6.26 Å². The Hall–Kier alpha value is -0.0800. The predicted molar refractivity (Wildman–Crippen MR) is 89.8 cm³/mol. The second-order valence-electron chi connectivity index (χ2n) is 4.55. The Kier molecular flexibility index (Phi) is 5.04. The van der Waals surface area contributed by atoms with Gasteiger partial charge in [-0.15, -0.1) is 10.2 Å². The van der Waals surface area contributed by atoms with Crippen molar-refractivity contribution in [1.29, 1.82) is 0 Å². The highest BCUT2D eigenvalue weighted by Gasteiger charge is 2.20. The molecule has 1 N–H and O–H groups in total. The summed E-state index contributed by atoms with van der Waals surface area (Å²) < 4.78 is 3.12. The molecule has 7 heteroatoms. The molecule has 1 fully saturated rings. The van der Waals surface area contributed by atoms with Crippen molar-refractivity contribution < 1.29 is 0 Å². The van der Waals surface area contributed by atoms with Crippen molar-refractivity contribution in [3.8, 4) is 0 Å². The zero-order valence-corrected chi connectivity index (χ0v) is 15.0. The van der Waals surface area contributed by atoms with Crippen molar-refractivity contribution in [2.75, 3.05) is 6.26 Å². The maximum Gasteiger partial charge on any atom is 0.179 e. The Morgan fingerprint density at radius 1 is 1.35 bits per heavy atom. The number of halogens is 1. The Bertz CT molecular complexity index is 598. The van der Waals surface area contributed by atoms with Crippen LogP contribution in [0.15, 0.2) is 36.2 Å². The average molecular weight is 388 g/mol. The Morgan fingerprint density at radius 2 is 2.15 bits per heavy atom. The molecule has 0 spiro atoms. The molecule has 1 saturated carbocycles. The Morgan fingerprint density at radius 3 is 2.85 bits per heavy atom. The fraction of sp³-hybridized carbons (Fsp3) is 0.385. The molecule has 0 atom stereocenters. The summed E-state index contributed by atoms with van der Waals surface area (Å²) in [5, 5.41) is 12.0. The van der Waals surface area contributed by atoms with Gasteiger partial charge in [-0.2, -0.15) is 0 Å². The third-order valence-corrected chi connectivity index (χ3v) is 6.49. The van der Waals surface area contributed by atoms with E-state index in [1.54, 1.807) is 34.9 Å². The van der Waals surface area contributed by atoms with Gasteiger partial charge in [0.2, 0.25) is 0 Å². The van der Waals surface area contributed by atoms with E-state index < -0.39 is 0 Å². The van der Waals surface area contributed by atoms with E-state index in [0.29, 0.717) is 0 Å². The molecule has 2 aromatic rings. The molecule has 106 valence electrons. The lowest BCUT2D eigenvalue weighted by Gasteiger charge is -2.09. The molecular formula is C13H14BrN3S3. The van der Waals surface area contributed by atoms with Crippen molar-refractivity contribution >= 4 is 50.8 Å². The fourth-order valence-electron chi connectivity index (χ4n) is 1.73. The van der Waals surface area contributed by atoms with Crippen LogP contribution in [-0.2, 0) is 6.54 Å². The van der Waals surface area contributed by atoms with Gasteiger partial charge in [0.1, 0.15) is 0 Å². The number of nitrogens with zero attached hydrogens (tertiary/aromatic N) is 2. The topological polar surface area (TPSA) is 37.8 Å². The number of benzene rings is 1. The highest BCUT2D eigenvalue weighted by atomic mass is 79.9. The smallest absolute Gasteiger partial charge is 0.179 e. The van der Waals surface area contributed by atoms with E-state index in [1.165, 1.54) is 23.3 Å². The van der Waals surface area contributed by atoms with Gasteiger partial charge in [-0.3, -0.25) is 0 Å². The van der Waals surface area contributed by atoms with Crippen LogP contribution in [0.3, 0.4) is 0 Å². The van der Waals surface area contributed by atoms with Crippen molar-refractivity contribution in [1.82, 2.24) is 15.5 Å². The first-order chi connectivity index (χ1) is 9.74. The van der Waals surface area contributed by atoms with E-state index in [9.17, 15) is 0 Å². The number of hydrogen-bond acceptors (Lipinski definition) is 6. The molecular weight excluding hydrogens is 374 g/mol. The number of hydrogen-bond donors (Lipinski definition) is 1. The summed E-state index contributed by atoms with van der Waals surface area (Å²) in [5.74, 6) is 0. The lowest BCUT2D eigenvalue weighted by Crippen LogP contribution is -2.15. The van der Waals surface area contributed by atoms with E-state index in [-0.39, 0.29) is 0 Å². The van der Waals surface area contributed by atoms with Crippen molar-refractivity contribution in [2.24, 2.45) is 0 Å². The molecule has 20 heavy (non-hydrogen) atoms. The predicted octanol–water partition coefficient (Wildman–Crippen LogP) is 4.43. The Balaban J connectivity index is 1.76. The zero-order valence-electron chi connectivity index (χ0n) is 10.9. The van der Waals surface area contributed by atoms with Crippen LogP contribution in [-0.4, -0.2) is 22.5 Å². The van der Waals surface area contributed by atoms with Gasteiger partial charge in [0.15, 0.2) is 8.68 Å². The molecule has 0 saturated heterocycles. The molecule has 0 bridgehead atoms. The van der Waals surface area contributed by atoms with Crippen molar-refractivity contribution in [3.05, 3.63) is 28.2 Å². The van der Waals surface area contributed by atoms with Crippen LogP contribution in [0.25, 0.3) is 0 Å². The second kappa shape index (κ2) is 6.79. The van der Waals surface area contributed by atoms with E-state index >= 15 is 0 Å². The first-order valence-corrected chi connectivity index (χ1v) is 9.97. The fourth-order valence-corrected chi connectivity index (χ4v) is 4.80. The summed E-state index contributed by atoms with van der Waals surface area (Å²) in [7, 11) is 0. The number of nitrogens with one attached hydrogen (secondary N) is 1. The molecule has 0 aliphatic heterocycles. The summed E-state index contributed by atoms with van der Waals surface area (Å²) in [4.78, 5) is 1.25. The van der Waals surface area contributed by atoms with Gasteiger partial charge in [-0.05, 0) is 36.8 Å². The largest absolute Gasteiger partial charge is 0.310 e. The van der Waals surface area contributed by atoms with Gasteiger partial charge in [0.05, 0.1) is 0 Å². The van der Waals surface area contributed by atoms with Gasteiger partial charge >= 0.3 is 0 Å². The summed E-state index contributed by atoms with van der Waals surface area (Å²) in [6.45, 7) is 0.925. The molecule has 0 amide bonds. The maximum absolute atomic E-state index is 4.24. The molecule has 3 rings (SSSR count). The number of rotatable bonds is 6. The highest BCUT2D eigenvalue weighted by molar-refractivity contribution is 9.10. The third-order valence-electron chi connectivity index (χ3n) is 2.95. The monoisotopic (exact) mass is 387 g/mol. The summed E-state index contributed by atoms with van der Waals surface area (Å²) in [6, 6.07) is 7.16. The minimum Gasteiger partial charge on any atom is -0.310 e. The lowest BCUT2D eigenvalue weighted by atomic mass is 10.2. The minimum absolute atomic E-state index is 0.723. The van der Waals surface area contributed by atoms with Crippen LogP contribution < -0.4 is 5.32 Å². The summed E-state index contributed by atoms with van der Waals surface area (Å²) in [6.07, 6.45) is 4.65. The minimum atomic E-state index is 0.723. The highest BCUT2D eigenvalue weighted by Crippen LogP contribution is 2.36. The van der Waals surface area contributed by atoms with Gasteiger partial charge in [-0.25, -0.2) is 0 Å². The molecule has 1 aromatic heterocycles. The zero-order chi connectivity index (χ0) is 13.9. The standard InChI is InChI=1S/C13H14BrN3S3/c1-18-12-16-17-13(20-12)19-11-6-9(14)3-2-8(11)7-15-10-4-5-10/h2-3,6,10,15H,4-5,7H2,1H3. The maximum atomic E-state index is 4.24. The van der Waals surface area contributed by atoms with E-state index in [0.717, 1.165) is 25.7 Å². The Labute approximate surface area is 139 Å². The van der Waals surface area contributed by atoms with Crippen molar-refractivity contribution in [3.63, 3.8) is 0 Å². The van der Waals surface area contributed by atoms with Gasteiger partial charge in [-0.1, -0.05) is 56.9 Å². The number of aromatic nitrogens is 2. The van der Waals surface area contributed by atoms with Crippen molar-refractivity contribution in [2.45, 2.75) is 39.0 Å². The van der Waals surface area contributed by atoms with Crippen LogP contribution in [0.1, 0.15) is 18.4 Å². The van der Waals surface area contributed by atoms with Crippen LogP contribution >= 0.6 is 50.8 Å². The molecule has 3 nitrogen and oxygen atoms in total. The van der Waals surface area contributed by atoms with Gasteiger partial charge < -0.3 is 5.32 Å². The molecule has 1 heterocycles. The van der Waals surface area contributed by atoms with Crippen LogP contribution in [0.2, 0.25) is 0 Å². The lowest BCUT2D eigenvalue weighted by molar-refractivity contribution is 0.680. The average Bonchev–Trinajstić information content (AvgIpc) is 3.16. The van der Waals surface area contributed by atoms with Crippen LogP contribution in [0.5, 0.6) is 0 Å². The molecule has 1 aliphatic rings. The van der Waals surface area contributed by atoms with Gasteiger partial charge in [0, 0.05) is 22.0 Å². The van der Waals surface area contributed by atoms with Gasteiger partial charge in [0.25, 0.3) is 0 Å². The van der Waals surface area contributed by atoms with E-state index in [2.05, 4.69) is 49.6 Å². The van der Waals surface area contributed by atoms with Crippen LogP contribution in [0.4, 0.5) is 0 Å². The first-order valence-electron chi connectivity index (χ1n) is 6.32. The summed E-state index contributed by atoms with van der Waals surface area (Å²) in [5.41, 5.74) is 1.33. The SMILES string of the molecule is CSc1nnc(Sc2cc(Br)ccc2CNC2CC2)s1. The number of thioether (sulfide) groups is 1. The normalized spacial score (nSPS) is 14.7. The first kappa shape index (κ1) is 14.8. The summed E-state index contributed by atoms with van der Waals surface area (Å²) >= 11 is 8.54. The second-order valence-corrected chi connectivity index (χ2v) is 8.78. The third kappa shape index (κ3) is 3.98. The molecule has 1 aliphatic carbocycles.